The molecule has 1 fully saturated rings. The van der Waals surface area contributed by atoms with E-state index in [9.17, 15) is 0 Å². The van der Waals surface area contributed by atoms with Gasteiger partial charge < -0.3 is 11.1 Å². The summed E-state index contributed by atoms with van der Waals surface area (Å²) in [5, 5.41) is 3.40. The number of rotatable bonds is 3. The normalized spacial score (nSPS) is 24.7. The van der Waals surface area contributed by atoms with Crippen LogP contribution in [0.15, 0.2) is 18.2 Å². The van der Waals surface area contributed by atoms with Crippen LogP contribution in [0.1, 0.15) is 13.3 Å². The second kappa shape index (κ2) is 3.96. The number of nitrogen functional groups attached to an aromatic ring is 1. The summed E-state index contributed by atoms with van der Waals surface area (Å²) in [6.45, 7) is 3.36. The predicted octanol–water partition coefficient (Wildman–Crippen LogP) is 2.94. The van der Waals surface area contributed by atoms with Crippen LogP contribution in [0.3, 0.4) is 0 Å². The Bertz CT molecular complexity index is 338. The lowest BCUT2D eigenvalue weighted by Crippen LogP contribution is -2.06. The maximum Gasteiger partial charge on any atom is 0.0574 e. The summed E-state index contributed by atoms with van der Waals surface area (Å²) in [5.74, 6) is 1.75. The number of halogens is 1. The van der Waals surface area contributed by atoms with Gasteiger partial charge in [0.05, 0.1) is 11.4 Å². The van der Waals surface area contributed by atoms with E-state index in [1.165, 1.54) is 9.99 Å². The van der Waals surface area contributed by atoms with Crippen molar-refractivity contribution in [3.63, 3.8) is 0 Å². The van der Waals surface area contributed by atoms with Gasteiger partial charge >= 0.3 is 0 Å². The van der Waals surface area contributed by atoms with E-state index < -0.39 is 0 Å². The topological polar surface area (TPSA) is 38.0 Å². The molecule has 0 bridgehead atoms. The molecule has 0 amide bonds. The van der Waals surface area contributed by atoms with Gasteiger partial charge in [-0.15, -0.1) is 0 Å². The molecule has 1 aliphatic rings. The highest BCUT2D eigenvalue weighted by molar-refractivity contribution is 14.1. The van der Waals surface area contributed by atoms with Crippen LogP contribution in [0.4, 0.5) is 11.4 Å². The van der Waals surface area contributed by atoms with Gasteiger partial charge in [0.2, 0.25) is 0 Å². The van der Waals surface area contributed by atoms with Crippen molar-refractivity contribution in [1.82, 2.24) is 0 Å². The molecule has 1 aromatic carbocycles. The number of nitrogens with two attached hydrogens (primary N) is 1. The lowest BCUT2D eigenvalue weighted by atomic mass is 10.2. The minimum Gasteiger partial charge on any atom is -0.397 e. The first-order valence-corrected chi connectivity index (χ1v) is 6.03. The highest BCUT2D eigenvalue weighted by Gasteiger charge is 2.31. The molecule has 2 atom stereocenters. The van der Waals surface area contributed by atoms with Gasteiger partial charge in [-0.1, -0.05) is 6.92 Å². The van der Waals surface area contributed by atoms with Gasteiger partial charge in [0.25, 0.3) is 0 Å². The maximum absolute atomic E-state index is 5.90. The summed E-state index contributed by atoms with van der Waals surface area (Å²) >= 11 is 2.27. The van der Waals surface area contributed by atoms with Crippen LogP contribution in [-0.2, 0) is 0 Å². The molecule has 2 rings (SSSR count). The highest BCUT2D eigenvalue weighted by Crippen LogP contribution is 2.37. The zero-order chi connectivity index (χ0) is 10.1. The minimum atomic E-state index is 0.852. The predicted molar refractivity (Wildman–Crippen MR) is 69.3 cm³/mol. The first-order valence-electron chi connectivity index (χ1n) is 4.95. The number of benzene rings is 1. The highest BCUT2D eigenvalue weighted by atomic mass is 127. The molecular weight excluding hydrogens is 287 g/mol. The lowest BCUT2D eigenvalue weighted by Gasteiger charge is -2.08. The van der Waals surface area contributed by atoms with Crippen LogP contribution in [0.2, 0.25) is 0 Å². The molecule has 0 saturated heterocycles. The van der Waals surface area contributed by atoms with Crippen LogP contribution >= 0.6 is 22.6 Å². The third kappa shape index (κ3) is 2.32. The molecule has 0 heterocycles. The first kappa shape index (κ1) is 10.1. The van der Waals surface area contributed by atoms with Crippen molar-refractivity contribution in [2.24, 2.45) is 11.8 Å². The van der Waals surface area contributed by atoms with Crippen LogP contribution < -0.4 is 11.1 Å². The average molecular weight is 302 g/mol. The standard InChI is InChI=1S/C11H15IN2/c1-7-4-8(7)6-14-11-3-2-9(12)5-10(11)13/h2-3,5,7-8,14H,4,6,13H2,1H3. The fourth-order valence-electron chi connectivity index (χ4n) is 1.62. The SMILES string of the molecule is CC1CC1CNc1ccc(I)cc1N. The van der Waals surface area contributed by atoms with E-state index in [0.29, 0.717) is 0 Å². The van der Waals surface area contributed by atoms with Gasteiger partial charge in [-0.2, -0.15) is 0 Å². The summed E-state index contributed by atoms with van der Waals surface area (Å²) in [7, 11) is 0. The molecule has 1 aromatic rings. The third-order valence-electron chi connectivity index (χ3n) is 2.84. The Morgan fingerprint density at radius 1 is 1.57 bits per heavy atom. The summed E-state index contributed by atoms with van der Waals surface area (Å²) in [6.07, 6.45) is 1.36. The second-order valence-electron chi connectivity index (χ2n) is 4.09. The van der Waals surface area contributed by atoms with E-state index in [1.807, 2.05) is 6.07 Å². The van der Waals surface area contributed by atoms with Crippen LogP contribution in [-0.4, -0.2) is 6.54 Å². The van der Waals surface area contributed by atoms with Gasteiger partial charge in [-0.25, -0.2) is 0 Å². The zero-order valence-electron chi connectivity index (χ0n) is 8.26. The Morgan fingerprint density at radius 2 is 2.29 bits per heavy atom. The Hall–Kier alpha value is -0.450. The summed E-state index contributed by atoms with van der Waals surface area (Å²) in [6, 6.07) is 6.14. The van der Waals surface area contributed by atoms with E-state index in [1.54, 1.807) is 0 Å². The molecule has 0 aliphatic heterocycles. The fourth-order valence-corrected chi connectivity index (χ4v) is 2.13. The van der Waals surface area contributed by atoms with Gasteiger partial charge in [-0.05, 0) is 59.0 Å². The lowest BCUT2D eigenvalue weighted by molar-refractivity contribution is 0.787. The maximum atomic E-state index is 5.90. The van der Waals surface area contributed by atoms with E-state index in [-0.39, 0.29) is 0 Å². The van der Waals surface area contributed by atoms with Crippen LogP contribution in [0.5, 0.6) is 0 Å². The van der Waals surface area contributed by atoms with Crippen molar-refractivity contribution < 1.29 is 0 Å². The molecule has 2 nitrogen and oxygen atoms in total. The van der Waals surface area contributed by atoms with Gasteiger partial charge in [0.1, 0.15) is 0 Å². The van der Waals surface area contributed by atoms with E-state index >= 15 is 0 Å². The van der Waals surface area contributed by atoms with Crippen molar-refractivity contribution in [2.45, 2.75) is 13.3 Å². The number of hydrogen-bond acceptors (Lipinski definition) is 2. The molecule has 3 heteroatoms. The monoisotopic (exact) mass is 302 g/mol. The summed E-state index contributed by atoms with van der Waals surface area (Å²) < 4.78 is 1.19. The van der Waals surface area contributed by atoms with E-state index in [2.05, 4.69) is 47.0 Å². The molecule has 76 valence electrons. The van der Waals surface area contributed by atoms with E-state index in [4.69, 9.17) is 5.73 Å². The first-order chi connectivity index (χ1) is 6.66. The minimum absolute atomic E-state index is 0.852. The van der Waals surface area contributed by atoms with Crippen LogP contribution in [0.25, 0.3) is 0 Å². The van der Waals surface area contributed by atoms with E-state index in [0.717, 1.165) is 29.8 Å². The Balaban J connectivity index is 1.95. The van der Waals surface area contributed by atoms with Gasteiger partial charge in [0.15, 0.2) is 0 Å². The second-order valence-corrected chi connectivity index (χ2v) is 5.33. The molecule has 14 heavy (non-hydrogen) atoms. The smallest absolute Gasteiger partial charge is 0.0574 e. The molecule has 0 radical (unpaired) electrons. The third-order valence-corrected chi connectivity index (χ3v) is 3.52. The molecule has 3 N–H and O–H groups in total. The largest absolute Gasteiger partial charge is 0.397 e. The molecular formula is C11H15IN2. The Morgan fingerprint density at radius 3 is 2.86 bits per heavy atom. The van der Waals surface area contributed by atoms with Crippen molar-refractivity contribution >= 4 is 34.0 Å². The number of hydrogen-bond donors (Lipinski definition) is 2. The Labute approximate surface area is 98.4 Å². The van der Waals surface area contributed by atoms with Gasteiger partial charge in [-0.3, -0.25) is 0 Å². The van der Waals surface area contributed by atoms with Gasteiger partial charge in [0, 0.05) is 10.1 Å². The quantitative estimate of drug-likeness (QED) is 0.665. The van der Waals surface area contributed by atoms with Crippen molar-refractivity contribution in [1.29, 1.82) is 0 Å². The fraction of sp³-hybridized carbons (Fsp3) is 0.455. The Kier molecular flexibility index (Phi) is 2.85. The molecule has 1 saturated carbocycles. The van der Waals surface area contributed by atoms with Crippen LogP contribution in [0, 0.1) is 15.4 Å². The summed E-state index contributed by atoms with van der Waals surface area (Å²) in [5.41, 5.74) is 7.82. The molecule has 1 aliphatic carbocycles. The summed E-state index contributed by atoms with van der Waals surface area (Å²) in [4.78, 5) is 0. The van der Waals surface area contributed by atoms with Crippen molar-refractivity contribution in [3.05, 3.63) is 21.8 Å². The number of anilines is 2. The number of nitrogens with one attached hydrogen (secondary N) is 1. The average Bonchev–Trinajstić information content (AvgIpc) is 2.80. The van der Waals surface area contributed by atoms with Crippen molar-refractivity contribution in [2.75, 3.05) is 17.6 Å². The molecule has 0 aromatic heterocycles. The van der Waals surface area contributed by atoms with Crippen molar-refractivity contribution in [3.8, 4) is 0 Å². The zero-order valence-corrected chi connectivity index (χ0v) is 10.4. The molecule has 0 spiro atoms. The molecule has 2 unspecified atom stereocenters.